The number of hydrogen-bond acceptors (Lipinski definition) is 2. The Hall–Kier alpha value is -2.04. The lowest BCUT2D eigenvalue weighted by atomic mass is 10.1. The SMILES string of the molecule is COC(=O)/C=C\C=C\c1ccccc1C(F)(F)F. The molecule has 0 bridgehead atoms. The normalized spacial score (nSPS) is 12.2. The monoisotopic (exact) mass is 256 g/mol. The van der Waals surface area contributed by atoms with Gasteiger partial charge >= 0.3 is 12.1 Å². The predicted molar refractivity (Wildman–Crippen MR) is 61.6 cm³/mol. The van der Waals surface area contributed by atoms with Gasteiger partial charge in [0.1, 0.15) is 0 Å². The summed E-state index contributed by atoms with van der Waals surface area (Å²) in [6.07, 6.45) is 0.669. The Morgan fingerprint density at radius 3 is 2.50 bits per heavy atom. The summed E-state index contributed by atoms with van der Waals surface area (Å²) in [5, 5.41) is 0. The molecule has 0 radical (unpaired) electrons. The molecule has 0 fully saturated rings. The molecule has 96 valence electrons. The molecule has 1 aromatic carbocycles. The second kappa shape index (κ2) is 6.05. The molecular weight excluding hydrogens is 245 g/mol. The Balaban J connectivity index is 2.88. The average Bonchev–Trinajstić information content (AvgIpc) is 2.33. The van der Waals surface area contributed by atoms with Gasteiger partial charge in [-0.25, -0.2) is 4.79 Å². The van der Waals surface area contributed by atoms with E-state index in [0.29, 0.717) is 0 Å². The highest BCUT2D eigenvalue weighted by Crippen LogP contribution is 2.32. The fraction of sp³-hybridized carbons (Fsp3) is 0.154. The first-order chi connectivity index (χ1) is 8.45. The fourth-order valence-corrected chi connectivity index (χ4v) is 1.26. The van der Waals surface area contributed by atoms with Gasteiger partial charge in [-0.05, 0) is 11.6 Å². The van der Waals surface area contributed by atoms with E-state index in [0.717, 1.165) is 12.1 Å². The van der Waals surface area contributed by atoms with Gasteiger partial charge in [-0.15, -0.1) is 0 Å². The van der Waals surface area contributed by atoms with Crippen LogP contribution in [-0.4, -0.2) is 13.1 Å². The van der Waals surface area contributed by atoms with E-state index < -0.39 is 17.7 Å². The average molecular weight is 256 g/mol. The summed E-state index contributed by atoms with van der Waals surface area (Å²) in [6.45, 7) is 0. The second-order valence-corrected chi connectivity index (χ2v) is 3.33. The first-order valence-corrected chi connectivity index (χ1v) is 5.04. The van der Waals surface area contributed by atoms with E-state index in [1.807, 2.05) is 0 Å². The lowest BCUT2D eigenvalue weighted by molar-refractivity contribution is -0.138. The zero-order chi connectivity index (χ0) is 13.6. The van der Waals surface area contributed by atoms with Gasteiger partial charge in [0.15, 0.2) is 0 Å². The summed E-state index contributed by atoms with van der Waals surface area (Å²) >= 11 is 0. The molecule has 0 aliphatic rings. The van der Waals surface area contributed by atoms with Crippen LogP contribution in [0, 0.1) is 0 Å². The van der Waals surface area contributed by atoms with E-state index in [1.165, 1.54) is 43.5 Å². The van der Waals surface area contributed by atoms with Gasteiger partial charge < -0.3 is 4.74 Å². The van der Waals surface area contributed by atoms with Crippen molar-refractivity contribution in [3.05, 3.63) is 53.6 Å². The molecule has 1 rings (SSSR count). The molecule has 0 saturated carbocycles. The van der Waals surface area contributed by atoms with Gasteiger partial charge in [0, 0.05) is 6.08 Å². The van der Waals surface area contributed by atoms with Crippen LogP contribution < -0.4 is 0 Å². The van der Waals surface area contributed by atoms with Crippen molar-refractivity contribution < 1.29 is 22.7 Å². The summed E-state index contributed by atoms with van der Waals surface area (Å²) in [7, 11) is 1.22. The van der Waals surface area contributed by atoms with Crippen LogP contribution in [0.15, 0.2) is 42.5 Å². The highest BCUT2D eigenvalue weighted by molar-refractivity contribution is 5.82. The maximum atomic E-state index is 12.6. The van der Waals surface area contributed by atoms with Crippen molar-refractivity contribution in [1.82, 2.24) is 0 Å². The molecule has 0 heterocycles. The molecule has 0 spiro atoms. The zero-order valence-electron chi connectivity index (χ0n) is 9.57. The molecule has 0 unspecified atom stereocenters. The number of rotatable bonds is 3. The number of carbonyl (C=O) groups excluding carboxylic acids is 1. The van der Waals surface area contributed by atoms with Crippen LogP contribution in [0.4, 0.5) is 13.2 Å². The smallest absolute Gasteiger partial charge is 0.416 e. The van der Waals surface area contributed by atoms with Gasteiger partial charge in [0.05, 0.1) is 12.7 Å². The fourth-order valence-electron chi connectivity index (χ4n) is 1.26. The molecule has 0 aromatic heterocycles. The van der Waals surface area contributed by atoms with Gasteiger partial charge in [0.2, 0.25) is 0 Å². The molecule has 0 amide bonds. The van der Waals surface area contributed by atoms with Crippen molar-refractivity contribution in [3.63, 3.8) is 0 Å². The van der Waals surface area contributed by atoms with E-state index in [-0.39, 0.29) is 5.56 Å². The summed E-state index contributed by atoms with van der Waals surface area (Å²) in [4.78, 5) is 10.7. The summed E-state index contributed by atoms with van der Waals surface area (Å²) < 4.78 is 42.2. The number of carbonyl (C=O) groups is 1. The third kappa shape index (κ3) is 4.08. The standard InChI is InChI=1S/C13H11F3O2/c1-18-12(17)9-5-3-7-10-6-2-4-8-11(10)13(14,15)16/h2-9H,1H3/b7-3+,9-5-. The second-order valence-electron chi connectivity index (χ2n) is 3.33. The Bertz CT molecular complexity index is 473. The first kappa shape index (κ1) is 14.0. The number of methoxy groups -OCH3 is 1. The van der Waals surface area contributed by atoms with Crippen LogP contribution in [0.3, 0.4) is 0 Å². The molecule has 0 saturated heterocycles. The van der Waals surface area contributed by atoms with Crippen molar-refractivity contribution in [2.75, 3.05) is 7.11 Å². The Morgan fingerprint density at radius 2 is 1.89 bits per heavy atom. The largest absolute Gasteiger partial charge is 0.466 e. The minimum Gasteiger partial charge on any atom is -0.466 e. The van der Waals surface area contributed by atoms with Crippen LogP contribution in [0.2, 0.25) is 0 Å². The first-order valence-electron chi connectivity index (χ1n) is 5.04. The number of alkyl halides is 3. The third-order valence-electron chi connectivity index (χ3n) is 2.09. The molecule has 1 aromatic rings. The van der Waals surface area contributed by atoms with E-state index in [1.54, 1.807) is 0 Å². The van der Waals surface area contributed by atoms with Crippen LogP contribution in [0.5, 0.6) is 0 Å². The number of halogens is 3. The summed E-state index contributed by atoms with van der Waals surface area (Å²) in [5.41, 5.74) is -0.674. The maximum absolute atomic E-state index is 12.6. The topological polar surface area (TPSA) is 26.3 Å². The third-order valence-corrected chi connectivity index (χ3v) is 2.09. The molecule has 0 aliphatic heterocycles. The van der Waals surface area contributed by atoms with E-state index in [4.69, 9.17) is 0 Å². The zero-order valence-corrected chi connectivity index (χ0v) is 9.57. The maximum Gasteiger partial charge on any atom is 0.416 e. The number of benzene rings is 1. The number of hydrogen-bond donors (Lipinski definition) is 0. The van der Waals surface area contributed by atoms with Crippen LogP contribution in [0.25, 0.3) is 6.08 Å². The molecule has 18 heavy (non-hydrogen) atoms. The molecule has 0 atom stereocenters. The molecule has 0 aliphatic carbocycles. The highest BCUT2D eigenvalue weighted by atomic mass is 19.4. The van der Waals surface area contributed by atoms with Crippen molar-refractivity contribution in [3.8, 4) is 0 Å². The van der Waals surface area contributed by atoms with Crippen molar-refractivity contribution >= 4 is 12.0 Å². The van der Waals surface area contributed by atoms with E-state index >= 15 is 0 Å². The van der Waals surface area contributed by atoms with Gasteiger partial charge in [-0.3, -0.25) is 0 Å². The van der Waals surface area contributed by atoms with Gasteiger partial charge in [-0.1, -0.05) is 36.4 Å². The van der Waals surface area contributed by atoms with Crippen molar-refractivity contribution in [2.45, 2.75) is 6.18 Å². The minimum absolute atomic E-state index is 0.0412. The lowest BCUT2D eigenvalue weighted by Gasteiger charge is -2.09. The van der Waals surface area contributed by atoms with Crippen molar-refractivity contribution in [1.29, 1.82) is 0 Å². The highest BCUT2D eigenvalue weighted by Gasteiger charge is 2.32. The predicted octanol–water partition coefficient (Wildman–Crippen LogP) is 3.45. The van der Waals surface area contributed by atoms with Crippen molar-refractivity contribution in [2.24, 2.45) is 0 Å². The quantitative estimate of drug-likeness (QED) is 0.470. The molecule has 0 N–H and O–H groups in total. The summed E-state index contributed by atoms with van der Waals surface area (Å²) in [5.74, 6) is -0.566. The van der Waals surface area contributed by atoms with Gasteiger partial charge in [-0.2, -0.15) is 13.2 Å². The summed E-state index contributed by atoms with van der Waals surface area (Å²) in [6, 6.07) is 5.19. The van der Waals surface area contributed by atoms with E-state index in [2.05, 4.69) is 4.74 Å². The number of esters is 1. The number of allylic oxidation sites excluding steroid dienone is 2. The molecule has 2 nitrogen and oxygen atoms in total. The Kier molecular flexibility index (Phi) is 4.71. The van der Waals surface area contributed by atoms with Crippen LogP contribution in [-0.2, 0) is 15.7 Å². The molecular formula is C13H11F3O2. The number of ether oxygens (including phenoxy) is 1. The molecule has 5 heteroatoms. The minimum atomic E-state index is -4.40. The van der Waals surface area contributed by atoms with E-state index in [9.17, 15) is 18.0 Å². The lowest BCUT2D eigenvalue weighted by Crippen LogP contribution is -2.06. The Labute approximate surface area is 102 Å². The van der Waals surface area contributed by atoms with Crippen LogP contribution >= 0.6 is 0 Å². The van der Waals surface area contributed by atoms with Gasteiger partial charge in [0.25, 0.3) is 0 Å². The van der Waals surface area contributed by atoms with Crippen LogP contribution in [0.1, 0.15) is 11.1 Å². The Morgan fingerprint density at radius 1 is 1.22 bits per heavy atom.